The van der Waals surface area contributed by atoms with Crippen LogP contribution in [0.4, 0.5) is 11.4 Å². The van der Waals surface area contributed by atoms with E-state index in [0.717, 1.165) is 12.0 Å². The molecule has 0 aliphatic rings. The third-order valence-corrected chi connectivity index (χ3v) is 2.63. The van der Waals surface area contributed by atoms with Gasteiger partial charge in [-0.25, -0.2) is 0 Å². The molecule has 2 N–H and O–H groups in total. The topological polar surface area (TPSA) is 65.2 Å². The first-order valence-electron chi connectivity index (χ1n) is 5.73. The molecule has 2 rings (SSSR count). The van der Waals surface area contributed by atoms with Crippen molar-refractivity contribution in [2.75, 3.05) is 0 Å². The smallest absolute Gasteiger partial charge is 0.146 e. The zero-order valence-corrected chi connectivity index (χ0v) is 10.0. The van der Waals surface area contributed by atoms with Crippen LogP contribution in [0.3, 0.4) is 0 Å². The van der Waals surface area contributed by atoms with Gasteiger partial charge in [0, 0.05) is 0 Å². The number of azo groups is 1. The van der Waals surface area contributed by atoms with Gasteiger partial charge in [-0.3, -0.25) is 0 Å². The predicted octanol–water partition coefficient (Wildman–Crippen LogP) is 4.08. The fraction of sp³-hybridized carbons (Fsp3) is 0.143. The van der Waals surface area contributed by atoms with Gasteiger partial charge in [0.15, 0.2) is 0 Å². The number of para-hydroxylation sites is 2. The van der Waals surface area contributed by atoms with Crippen LogP contribution in [0.2, 0.25) is 0 Å². The van der Waals surface area contributed by atoms with Gasteiger partial charge in [0.25, 0.3) is 0 Å². The van der Waals surface area contributed by atoms with Gasteiger partial charge in [0.05, 0.1) is 0 Å². The summed E-state index contributed by atoms with van der Waals surface area (Å²) < 4.78 is 0. The Morgan fingerprint density at radius 3 is 2.28 bits per heavy atom. The Balaban J connectivity index is 2.32. The maximum Gasteiger partial charge on any atom is 0.146 e. The number of benzene rings is 2. The maximum atomic E-state index is 9.92. The zero-order valence-electron chi connectivity index (χ0n) is 10.0. The number of phenols is 2. The maximum absolute atomic E-state index is 9.92. The zero-order chi connectivity index (χ0) is 13.0. The molecular formula is C14H14N2O2. The second-order valence-corrected chi connectivity index (χ2v) is 3.83. The molecule has 18 heavy (non-hydrogen) atoms. The summed E-state index contributed by atoms with van der Waals surface area (Å²) in [6.07, 6.45) is 0.728. The summed E-state index contributed by atoms with van der Waals surface area (Å²) in [7, 11) is 0. The van der Waals surface area contributed by atoms with Crippen LogP contribution < -0.4 is 0 Å². The molecule has 0 saturated carbocycles. The highest BCUT2D eigenvalue weighted by Crippen LogP contribution is 2.33. The lowest BCUT2D eigenvalue weighted by atomic mass is 10.1. The van der Waals surface area contributed by atoms with Crippen molar-refractivity contribution >= 4 is 11.4 Å². The van der Waals surface area contributed by atoms with E-state index in [9.17, 15) is 10.2 Å². The largest absolute Gasteiger partial charge is 0.506 e. The van der Waals surface area contributed by atoms with E-state index < -0.39 is 0 Å². The highest BCUT2D eigenvalue weighted by atomic mass is 16.3. The van der Waals surface area contributed by atoms with Crippen LogP contribution in [-0.2, 0) is 6.42 Å². The fourth-order valence-electron chi connectivity index (χ4n) is 1.60. The van der Waals surface area contributed by atoms with E-state index in [-0.39, 0.29) is 11.5 Å². The number of phenolic OH excluding ortho intramolecular Hbond substituents is 2. The summed E-state index contributed by atoms with van der Waals surface area (Å²) in [5, 5.41) is 27.3. The minimum absolute atomic E-state index is 0.0624. The van der Waals surface area contributed by atoms with Gasteiger partial charge in [-0.15, -0.1) is 10.2 Å². The Bertz CT molecular complexity index is 580. The number of nitrogens with zero attached hydrogens (tertiary/aromatic N) is 2. The highest BCUT2D eigenvalue weighted by molar-refractivity contribution is 5.56. The molecule has 0 aromatic heterocycles. The SMILES string of the molecule is CCc1cccc(N=Nc2ccccc2O)c1O. The van der Waals surface area contributed by atoms with Crippen LogP contribution in [0.25, 0.3) is 0 Å². The summed E-state index contributed by atoms with van der Waals surface area (Å²) in [6, 6.07) is 12.0. The van der Waals surface area contributed by atoms with Crippen molar-refractivity contribution in [3.63, 3.8) is 0 Å². The summed E-state index contributed by atoms with van der Waals surface area (Å²) in [6.45, 7) is 1.96. The van der Waals surface area contributed by atoms with Gasteiger partial charge in [0.1, 0.15) is 22.9 Å². The van der Waals surface area contributed by atoms with Crippen LogP contribution >= 0.6 is 0 Å². The molecule has 0 bridgehead atoms. The Kier molecular flexibility index (Phi) is 3.57. The van der Waals surface area contributed by atoms with E-state index in [2.05, 4.69) is 10.2 Å². The predicted molar refractivity (Wildman–Crippen MR) is 69.8 cm³/mol. The van der Waals surface area contributed by atoms with Gasteiger partial charge >= 0.3 is 0 Å². The molecule has 0 atom stereocenters. The van der Waals surface area contributed by atoms with Crippen LogP contribution in [0.1, 0.15) is 12.5 Å². The van der Waals surface area contributed by atoms with Crippen molar-refractivity contribution < 1.29 is 10.2 Å². The first-order valence-corrected chi connectivity index (χ1v) is 5.73. The average molecular weight is 242 g/mol. The lowest BCUT2D eigenvalue weighted by Crippen LogP contribution is -1.80. The lowest BCUT2D eigenvalue weighted by molar-refractivity contribution is 0.469. The molecule has 0 saturated heterocycles. The minimum Gasteiger partial charge on any atom is -0.506 e. The third-order valence-electron chi connectivity index (χ3n) is 2.63. The van der Waals surface area contributed by atoms with Crippen molar-refractivity contribution in [2.45, 2.75) is 13.3 Å². The second-order valence-electron chi connectivity index (χ2n) is 3.83. The number of aryl methyl sites for hydroxylation is 1. The normalized spacial score (nSPS) is 10.9. The molecular weight excluding hydrogens is 228 g/mol. The Labute approximate surface area is 105 Å². The molecule has 2 aromatic rings. The first kappa shape index (κ1) is 12.1. The highest BCUT2D eigenvalue weighted by Gasteiger charge is 2.04. The third kappa shape index (κ3) is 2.48. The summed E-state index contributed by atoms with van der Waals surface area (Å²) >= 11 is 0. The molecule has 0 amide bonds. The van der Waals surface area contributed by atoms with Crippen molar-refractivity contribution in [3.8, 4) is 11.5 Å². The summed E-state index contributed by atoms with van der Waals surface area (Å²) in [4.78, 5) is 0. The Hall–Kier alpha value is -2.36. The lowest BCUT2D eigenvalue weighted by Gasteiger charge is -2.03. The van der Waals surface area contributed by atoms with E-state index in [4.69, 9.17) is 0 Å². The van der Waals surface area contributed by atoms with E-state index in [1.807, 2.05) is 19.1 Å². The van der Waals surface area contributed by atoms with Gasteiger partial charge in [-0.2, -0.15) is 0 Å². The molecule has 0 heterocycles. The minimum atomic E-state index is 0.0624. The molecule has 0 fully saturated rings. The molecule has 0 aliphatic heterocycles. The van der Waals surface area contributed by atoms with Crippen LogP contribution in [0.5, 0.6) is 11.5 Å². The molecule has 0 radical (unpaired) electrons. The number of rotatable bonds is 3. The average Bonchev–Trinajstić information content (AvgIpc) is 2.39. The number of aromatic hydroxyl groups is 2. The molecule has 2 aromatic carbocycles. The standard InChI is InChI=1S/C14H14N2O2/c1-2-10-6-5-8-12(14(10)18)16-15-11-7-3-4-9-13(11)17/h3-9,17-18H,2H2,1H3. The molecule has 92 valence electrons. The van der Waals surface area contributed by atoms with E-state index >= 15 is 0 Å². The van der Waals surface area contributed by atoms with Gasteiger partial charge in [0.2, 0.25) is 0 Å². The van der Waals surface area contributed by atoms with Crippen LogP contribution in [0, 0.1) is 0 Å². The van der Waals surface area contributed by atoms with Crippen molar-refractivity contribution in [1.29, 1.82) is 0 Å². The van der Waals surface area contributed by atoms with Crippen molar-refractivity contribution in [1.82, 2.24) is 0 Å². The summed E-state index contributed by atoms with van der Waals surface area (Å²) in [5.74, 6) is 0.201. The molecule has 0 spiro atoms. The molecule has 4 heteroatoms. The van der Waals surface area contributed by atoms with Crippen molar-refractivity contribution in [3.05, 3.63) is 48.0 Å². The van der Waals surface area contributed by atoms with Crippen LogP contribution in [-0.4, -0.2) is 10.2 Å². The number of hydrogen-bond acceptors (Lipinski definition) is 4. The quantitative estimate of drug-likeness (QED) is 0.796. The van der Waals surface area contributed by atoms with E-state index in [1.54, 1.807) is 24.3 Å². The molecule has 0 aliphatic carbocycles. The molecule has 4 nitrogen and oxygen atoms in total. The Morgan fingerprint density at radius 1 is 0.889 bits per heavy atom. The van der Waals surface area contributed by atoms with Crippen LogP contribution in [0.15, 0.2) is 52.7 Å². The second kappa shape index (κ2) is 5.31. The van der Waals surface area contributed by atoms with E-state index in [1.165, 1.54) is 6.07 Å². The van der Waals surface area contributed by atoms with Gasteiger partial charge in [-0.05, 0) is 30.2 Å². The molecule has 0 unspecified atom stereocenters. The number of hydrogen-bond donors (Lipinski definition) is 2. The monoisotopic (exact) mass is 242 g/mol. The Morgan fingerprint density at radius 2 is 1.56 bits per heavy atom. The van der Waals surface area contributed by atoms with Gasteiger partial charge in [-0.1, -0.05) is 31.2 Å². The summed E-state index contributed by atoms with van der Waals surface area (Å²) in [5.41, 5.74) is 1.60. The van der Waals surface area contributed by atoms with Gasteiger partial charge < -0.3 is 10.2 Å². The van der Waals surface area contributed by atoms with Crippen molar-refractivity contribution in [2.24, 2.45) is 10.2 Å². The fourth-order valence-corrected chi connectivity index (χ4v) is 1.60. The first-order chi connectivity index (χ1) is 8.72. The van der Waals surface area contributed by atoms with E-state index in [0.29, 0.717) is 11.4 Å².